The minimum Gasteiger partial charge on any atom is -0.463 e. The molecule has 0 aliphatic heterocycles. The van der Waals surface area contributed by atoms with Crippen LogP contribution in [0, 0.1) is 0 Å². The maximum Gasteiger partial charge on any atom is 0.306 e. The second-order valence-corrected chi connectivity index (χ2v) is 7.17. The van der Waals surface area contributed by atoms with Crippen LogP contribution in [0.3, 0.4) is 0 Å². The van der Waals surface area contributed by atoms with E-state index in [0.717, 1.165) is 25.7 Å². The lowest BCUT2D eigenvalue weighted by Gasteiger charge is -2.18. The van der Waals surface area contributed by atoms with Crippen LogP contribution >= 0.6 is 0 Å². The van der Waals surface area contributed by atoms with Gasteiger partial charge in [-0.1, -0.05) is 65.2 Å². The van der Waals surface area contributed by atoms with Gasteiger partial charge >= 0.3 is 11.9 Å². The summed E-state index contributed by atoms with van der Waals surface area (Å²) >= 11 is 0. The van der Waals surface area contributed by atoms with E-state index in [1.807, 2.05) is 13.8 Å². The predicted octanol–water partition coefficient (Wildman–Crippen LogP) is 5.96. The summed E-state index contributed by atoms with van der Waals surface area (Å²) in [5, 5.41) is 0. The number of esters is 2. The van der Waals surface area contributed by atoms with Crippen molar-refractivity contribution in [1.82, 2.24) is 0 Å². The fourth-order valence-corrected chi connectivity index (χ4v) is 2.88. The van der Waals surface area contributed by atoms with E-state index < -0.39 is 0 Å². The molecule has 0 aliphatic carbocycles. The van der Waals surface area contributed by atoms with E-state index >= 15 is 0 Å². The van der Waals surface area contributed by atoms with Crippen molar-refractivity contribution in [3.05, 3.63) is 0 Å². The molecule has 0 N–H and O–H groups in total. The minimum absolute atomic E-state index is 0.140. The number of ether oxygens (including phenoxy) is 2. The van der Waals surface area contributed by atoms with Gasteiger partial charge in [-0.15, -0.1) is 0 Å². The summed E-state index contributed by atoms with van der Waals surface area (Å²) in [5.41, 5.74) is 0. The molecule has 0 radical (unpaired) electrons. The number of carbonyl (C=O) groups excluding carboxylic acids is 2. The third-order valence-electron chi connectivity index (χ3n) is 4.30. The van der Waals surface area contributed by atoms with Crippen molar-refractivity contribution in [3.8, 4) is 0 Å². The standard InChI is InChI=1S/C21H40O4/c1-5-7-9-11-13-15-20(22)24-18(3)17-19(4)25-21(23)16-14-12-10-8-6-2/h18-19H,5-17H2,1-4H3/t18-,19-/m1/s1. The summed E-state index contributed by atoms with van der Waals surface area (Å²) < 4.78 is 10.8. The molecule has 0 saturated heterocycles. The zero-order chi connectivity index (χ0) is 18.9. The van der Waals surface area contributed by atoms with Crippen molar-refractivity contribution in [2.75, 3.05) is 0 Å². The first-order chi connectivity index (χ1) is 12.0. The second kappa shape index (κ2) is 16.4. The molecular formula is C21H40O4. The summed E-state index contributed by atoms with van der Waals surface area (Å²) in [5.74, 6) is -0.281. The summed E-state index contributed by atoms with van der Waals surface area (Å²) in [6.45, 7) is 8.08. The van der Waals surface area contributed by atoms with Gasteiger partial charge in [0.25, 0.3) is 0 Å². The Morgan fingerprint density at radius 2 is 1.00 bits per heavy atom. The normalized spacial score (nSPS) is 13.3. The highest BCUT2D eigenvalue weighted by atomic mass is 16.6. The summed E-state index contributed by atoms with van der Waals surface area (Å²) in [6.07, 6.45) is 12.3. The highest BCUT2D eigenvalue weighted by Crippen LogP contribution is 2.12. The SMILES string of the molecule is CCCCCCCC(=O)O[C@H](C)C[C@@H](C)OC(=O)CCCCCCC. The van der Waals surface area contributed by atoms with Crippen LogP contribution in [0.1, 0.15) is 111 Å². The second-order valence-electron chi connectivity index (χ2n) is 7.17. The molecule has 0 fully saturated rings. The fourth-order valence-electron chi connectivity index (χ4n) is 2.88. The third-order valence-corrected chi connectivity index (χ3v) is 4.30. The Morgan fingerprint density at radius 3 is 1.36 bits per heavy atom. The largest absolute Gasteiger partial charge is 0.463 e. The fraction of sp³-hybridized carbons (Fsp3) is 0.905. The van der Waals surface area contributed by atoms with Crippen LogP contribution in [0.15, 0.2) is 0 Å². The smallest absolute Gasteiger partial charge is 0.306 e. The molecule has 0 aromatic heterocycles. The Kier molecular flexibility index (Phi) is 15.7. The van der Waals surface area contributed by atoms with Crippen LogP contribution in [-0.2, 0) is 19.1 Å². The number of rotatable bonds is 16. The van der Waals surface area contributed by atoms with Crippen molar-refractivity contribution in [2.24, 2.45) is 0 Å². The number of carbonyl (C=O) groups is 2. The highest BCUT2D eigenvalue weighted by molar-refractivity contribution is 5.70. The van der Waals surface area contributed by atoms with E-state index in [1.54, 1.807) is 0 Å². The van der Waals surface area contributed by atoms with Crippen LogP contribution in [0.5, 0.6) is 0 Å². The molecule has 0 aliphatic rings. The molecule has 0 heterocycles. The van der Waals surface area contributed by atoms with E-state index in [9.17, 15) is 9.59 Å². The van der Waals surface area contributed by atoms with Crippen molar-refractivity contribution in [2.45, 2.75) is 123 Å². The van der Waals surface area contributed by atoms with Crippen molar-refractivity contribution < 1.29 is 19.1 Å². The van der Waals surface area contributed by atoms with E-state index in [-0.39, 0.29) is 24.1 Å². The molecule has 0 unspecified atom stereocenters. The lowest BCUT2D eigenvalue weighted by molar-refractivity contribution is -0.154. The zero-order valence-corrected chi connectivity index (χ0v) is 17.0. The van der Waals surface area contributed by atoms with Gasteiger partial charge in [-0.25, -0.2) is 0 Å². The number of hydrogen-bond donors (Lipinski definition) is 0. The average Bonchev–Trinajstić information content (AvgIpc) is 2.54. The molecule has 0 spiro atoms. The summed E-state index contributed by atoms with van der Waals surface area (Å²) in [6, 6.07) is 0. The maximum absolute atomic E-state index is 11.8. The van der Waals surface area contributed by atoms with Crippen LogP contribution in [0.25, 0.3) is 0 Å². The number of hydrogen-bond acceptors (Lipinski definition) is 4. The van der Waals surface area contributed by atoms with Gasteiger partial charge in [0.15, 0.2) is 0 Å². The molecule has 0 bridgehead atoms. The van der Waals surface area contributed by atoms with Gasteiger partial charge in [0.05, 0.1) is 0 Å². The molecule has 4 nitrogen and oxygen atoms in total. The molecule has 25 heavy (non-hydrogen) atoms. The number of unbranched alkanes of at least 4 members (excludes halogenated alkanes) is 8. The Morgan fingerprint density at radius 1 is 0.640 bits per heavy atom. The Balaban J connectivity index is 3.73. The van der Waals surface area contributed by atoms with Crippen molar-refractivity contribution >= 4 is 11.9 Å². The Hall–Kier alpha value is -1.06. The molecule has 4 heteroatoms. The first-order valence-electron chi connectivity index (χ1n) is 10.4. The molecule has 0 aromatic carbocycles. The molecule has 148 valence electrons. The quantitative estimate of drug-likeness (QED) is 0.253. The van der Waals surface area contributed by atoms with Crippen molar-refractivity contribution in [3.63, 3.8) is 0 Å². The lowest BCUT2D eigenvalue weighted by atomic mass is 10.1. The van der Waals surface area contributed by atoms with Gasteiger partial charge < -0.3 is 9.47 Å². The molecule has 0 amide bonds. The highest BCUT2D eigenvalue weighted by Gasteiger charge is 2.16. The lowest BCUT2D eigenvalue weighted by Crippen LogP contribution is -2.23. The van der Waals surface area contributed by atoms with Crippen LogP contribution < -0.4 is 0 Å². The first kappa shape index (κ1) is 23.9. The van der Waals surface area contributed by atoms with E-state index in [0.29, 0.717) is 19.3 Å². The van der Waals surface area contributed by atoms with Crippen LogP contribution in [0.2, 0.25) is 0 Å². The van der Waals surface area contributed by atoms with E-state index in [4.69, 9.17) is 9.47 Å². The zero-order valence-electron chi connectivity index (χ0n) is 17.0. The monoisotopic (exact) mass is 356 g/mol. The van der Waals surface area contributed by atoms with Gasteiger partial charge in [0, 0.05) is 19.3 Å². The molecule has 0 aromatic rings. The van der Waals surface area contributed by atoms with Crippen molar-refractivity contribution in [1.29, 1.82) is 0 Å². The predicted molar refractivity (Wildman–Crippen MR) is 102 cm³/mol. The first-order valence-corrected chi connectivity index (χ1v) is 10.4. The Bertz CT molecular complexity index is 309. The van der Waals surface area contributed by atoms with Gasteiger partial charge in [0.1, 0.15) is 12.2 Å². The van der Waals surface area contributed by atoms with Gasteiger partial charge in [-0.3, -0.25) is 9.59 Å². The molecule has 0 rings (SSSR count). The average molecular weight is 357 g/mol. The summed E-state index contributed by atoms with van der Waals surface area (Å²) in [7, 11) is 0. The Labute approximate surface area is 155 Å². The molecule has 2 atom stereocenters. The van der Waals surface area contributed by atoms with Gasteiger partial charge in [-0.05, 0) is 26.7 Å². The minimum atomic E-state index is -0.213. The molecular weight excluding hydrogens is 316 g/mol. The van der Waals surface area contributed by atoms with Gasteiger partial charge in [-0.2, -0.15) is 0 Å². The summed E-state index contributed by atoms with van der Waals surface area (Å²) in [4.78, 5) is 23.6. The third kappa shape index (κ3) is 16.2. The molecule has 0 saturated carbocycles. The van der Waals surface area contributed by atoms with Crippen LogP contribution in [-0.4, -0.2) is 24.1 Å². The topological polar surface area (TPSA) is 52.6 Å². The van der Waals surface area contributed by atoms with E-state index in [2.05, 4.69) is 13.8 Å². The maximum atomic E-state index is 11.8. The van der Waals surface area contributed by atoms with Crippen LogP contribution in [0.4, 0.5) is 0 Å². The van der Waals surface area contributed by atoms with Gasteiger partial charge in [0.2, 0.25) is 0 Å². The van der Waals surface area contributed by atoms with E-state index in [1.165, 1.54) is 38.5 Å².